The van der Waals surface area contributed by atoms with Crippen LogP contribution in [0.5, 0.6) is 5.75 Å². The zero-order valence-corrected chi connectivity index (χ0v) is 13.8. The summed E-state index contributed by atoms with van der Waals surface area (Å²) in [5.74, 6) is -1.76. The van der Waals surface area contributed by atoms with Crippen molar-refractivity contribution in [2.45, 2.75) is 38.8 Å². The molecule has 0 aromatic heterocycles. The monoisotopic (exact) mass is 338 g/mol. The Morgan fingerprint density at radius 1 is 1.17 bits per heavy atom. The number of carbonyl (C=O) groups is 3. The van der Waals surface area contributed by atoms with Crippen LogP contribution in [-0.4, -0.2) is 46.4 Å². The first-order chi connectivity index (χ1) is 11.1. The Hall–Kier alpha value is -2.77. The molecular weight excluding hydrogens is 316 g/mol. The number of phenolic OH excluding ortho intramolecular Hbond substituents is 1. The summed E-state index contributed by atoms with van der Waals surface area (Å²) < 4.78 is 5.11. The molecule has 1 aromatic rings. The van der Waals surface area contributed by atoms with E-state index in [2.05, 4.69) is 10.6 Å². The van der Waals surface area contributed by atoms with E-state index < -0.39 is 36.2 Å². The number of alkyl carbamates (subject to hydrolysis) is 1. The van der Waals surface area contributed by atoms with Crippen LogP contribution in [0.25, 0.3) is 0 Å². The molecule has 8 nitrogen and oxygen atoms in total. The maximum absolute atomic E-state index is 12.1. The highest BCUT2D eigenvalue weighted by atomic mass is 16.6. The molecule has 2 amide bonds. The molecule has 0 unspecified atom stereocenters. The van der Waals surface area contributed by atoms with Crippen molar-refractivity contribution in [3.63, 3.8) is 0 Å². The zero-order valence-electron chi connectivity index (χ0n) is 13.8. The zero-order chi connectivity index (χ0) is 18.3. The number of phenols is 1. The van der Waals surface area contributed by atoms with Gasteiger partial charge in [-0.25, -0.2) is 4.79 Å². The summed E-state index contributed by atoms with van der Waals surface area (Å²) in [5.41, 5.74) is -0.0515. The van der Waals surface area contributed by atoms with Crippen LogP contribution in [0, 0.1) is 0 Å². The second kappa shape index (κ2) is 8.19. The Labute approximate surface area is 139 Å². The van der Waals surface area contributed by atoms with Crippen molar-refractivity contribution in [3.8, 4) is 5.75 Å². The molecule has 24 heavy (non-hydrogen) atoms. The van der Waals surface area contributed by atoms with Crippen LogP contribution in [0.2, 0.25) is 0 Å². The van der Waals surface area contributed by atoms with Crippen molar-refractivity contribution in [3.05, 3.63) is 29.8 Å². The summed E-state index contributed by atoms with van der Waals surface area (Å²) in [6.45, 7) is 4.51. The van der Waals surface area contributed by atoms with Crippen molar-refractivity contribution in [2.24, 2.45) is 0 Å². The van der Waals surface area contributed by atoms with E-state index in [0.29, 0.717) is 5.56 Å². The number of rotatable bonds is 6. The van der Waals surface area contributed by atoms with E-state index in [1.54, 1.807) is 32.9 Å². The van der Waals surface area contributed by atoms with Gasteiger partial charge in [0.05, 0.1) is 0 Å². The maximum Gasteiger partial charge on any atom is 0.408 e. The number of aliphatic carboxylic acids is 1. The molecule has 0 saturated heterocycles. The van der Waals surface area contributed by atoms with Crippen molar-refractivity contribution in [1.82, 2.24) is 10.6 Å². The van der Waals surface area contributed by atoms with Crippen LogP contribution < -0.4 is 10.6 Å². The summed E-state index contributed by atoms with van der Waals surface area (Å²) in [5, 5.41) is 22.6. The van der Waals surface area contributed by atoms with Crippen LogP contribution in [0.3, 0.4) is 0 Å². The molecule has 132 valence electrons. The van der Waals surface area contributed by atoms with Gasteiger partial charge in [0, 0.05) is 6.42 Å². The van der Waals surface area contributed by atoms with Crippen molar-refractivity contribution < 1.29 is 29.3 Å². The lowest BCUT2D eigenvalue weighted by atomic mass is 10.1. The molecule has 0 bridgehead atoms. The third-order valence-corrected chi connectivity index (χ3v) is 2.80. The number of amides is 2. The lowest BCUT2D eigenvalue weighted by molar-refractivity contribution is -0.138. The Morgan fingerprint density at radius 2 is 1.75 bits per heavy atom. The SMILES string of the molecule is CC(C)(C)OC(=O)N[C@@H](Cc1ccc(O)cc1)C(=O)NCC(=O)O. The summed E-state index contributed by atoms with van der Waals surface area (Å²) in [7, 11) is 0. The fourth-order valence-corrected chi connectivity index (χ4v) is 1.81. The normalized spacial score (nSPS) is 12.1. The topological polar surface area (TPSA) is 125 Å². The smallest absolute Gasteiger partial charge is 0.408 e. The van der Waals surface area contributed by atoms with Crippen LogP contribution in [0.4, 0.5) is 4.79 Å². The summed E-state index contributed by atoms with van der Waals surface area (Å²) in [6, 6.07) is 5.10. The van der Waals surface area contributed by atoms with Crippen LogP contribution in [0.1, 0.15) is 26.3 Å². The van der Waals surface area contributed by atoms with E-state index >= 15 is 0 Å². The van der Waals surface area contributed by atoms with Gasteiger partial charge < -0.3 is 25.6 Å². The summed E-state index contributed by atoms with van der Waals surface area (Å²) in [6.07, 6.45) is -0.665. The number of hydrogen-bond donors (Lipinski definition) is 4. The quantitative estimate of drug-likeness (QED) is 0.614. The van der Waals surface area contributed by atoms with Gasteiger partial charge in [-0.1, -0.05) is 12.1 Å². The fourth-order valence-electron chi connectivity index (χ4n) is 1.81. The highest BCUT2D eigenvalue weighted by Crippen LogP contribution is 2.12. The molecule has 0 spiro atoms. The Morgan fingerprint density at radius 3 is 2.25 bits per heavy atom. The first-order valence-corrected chi connectivity index (χ1v) is 7.34. The van der Waals surface area contributed by atoms with Gasteiger partial charge in [-0.3, -0.25) is 9.59 Å². The molecular formula is C16H22N2O6. The molecule has 1 atom stereocenters. The number of hydrogen-bond acceptors (Lipinski definition) is 5. The number of aromatic hydroxyl groups is 1. The highest BCUT2D eigenvalue weighted by molar-refractivity contribution is 5.88. The molecule has 0 aliphatic heterocycles. The molecule has 0 radical (unpaired) electrons. The summed E-state index contributed by atoms with van der Waals surface area (Å²) in [4.78, 5) is 34.6. The van der Waals surface area contributed by atoms with E-state index in [9.17, 15) is 19.5 Å². The van der Waals surface area contributed by atoms with Gasteiger partial charge in [0.15, 0.2) is 0 Å². The Balaban J connectivity index is 2.81. The number of carbonyl (C=O) groups excluding carboxylic acids is 2. The van der Waals surface area contributed by atoms with Crippen molar-refractivity contribution in [2.75, 3.05) is 6.54 Å². The maximum atomic E-state index is 12.1. The number of ether oxygens (including phenoxy) is 1. The molecule has 0 aliphatic carbocycles. The first-order valence-electron chi connectivity index (χ1n) is 7.34. The first kappa shape index (κ1) is 19.3. The number of nitrogens with one attached hydrogen (secondary N) is 2. The minimum absolute atomic E-state index is 0.0748. The van der Waals surface area contributed by atoms with Gasteiger partial charge in [0.2, 0.25) is 5.91 Å². The molecule has 4 N–H and O–H groups in total. The lowest BCUT2D eigenvalue weighted by Crippen LogP contribution is -2.50. The van der Waals surface area contributed by atoms with Gasteiger partial charge in [0.25, 0.3) is 0 Å². The van der Waals surface area contributed by atoms with Crippen LogP contribution in [0.15, 0.2) is 24.3 Å². The van der Waals surface area contributed by atoms with Gasteiger partial charge in [-0.05, 0) is 38.5 Å². The second-order valence-electron chi connectivity index (χ2n) is 6.18. The molecule has 0 heterocycles. The van der Waals surface area contributed by atoms with Crippen LogP contribution >= 0.6 is 0 Å². The number of benzene rings is 1. The molecule has 8 heteroatoms. The Kier molecular flexibility index (Phi) is 6.58. The largest absolute Gasteiger partial charge is 0.508 e. The predicted octanol–water partition coefficient (Wildman–Crippen LogP) is 1.03. The lowest BCUT2D eigenvalue weighted by Gasteiger charge is -2.23. The van der Waals surface area contributed by atoms with Crippen LogP contribution in [-0.2, 0) is 20.7 Å². The average molecular weight is 338 g/mol. The average Bonchev–Trinajstić information content (AvgIpc) is 2.44. The predicted molar refractivity (Wildman–Crippen MR) is 85.6 cm³/mol. The third-order valence-electron chi connectivity index (χ3n) is 2.80. The number of carboxylic acid groups (broad SMARTS) is 1. The molecule has 0 aliphatic rings. The van der Waals surface area contributed by atoms with E-state index in [1.165, 1.54) is 12.1 Å². The van der Waals surface area contributed by atoms with E-state index in [4.69, 9.17) is 9.84 Å². The molecule has 0 fully saturated rings. The second-order valence-corrected chi connectivity index (χ2v) is 6.18. The highest BCUT2D eigenvalue weighted by Gasteiger charge is 2.25. The van der Waals surface area contributed by atoms with E-state index in [1.807, 2.05) is 0 Å². The fraction of sp³-hybridized carbons (Fsp3) is 0.438. The molecule has 0 saturated carbocycles. The van der Waals surface area contributed by atoms with Gasteiger partial charge in [0.1, 0.15) is 23.9 Å². The standard InChI is InChI=1S/C16H22N2O6/c1-16(2,3)24-15(23)18-12(14(22)17-9-13(20)21)8-10-4-6-11(19)7-5-10/h4-7,12,19H,8-9H2,1-3H3,(H,17,22)(H,18,23)(H,20,21)/t12-/m0/s1. The molecule has 1 rings (SSSR count). The molecule has 1 aromatic carbocycles. The minimum Gasteiger partial charge on any atom is -0.508 e. The third kappa shape index (κ3) is 7.48. The summed E-state index contributed by atoms with van der Waals surface area (Å²) >= 11 is 0. The number of carboxylic acids is 1. The Bertz CT molecular complexity index is 592. The van der Waals surface area contributed by atoms with Gasteiger partial charge >= 0.3 is 12.1 Å². The minimum atomic E-state index is -1.19. The van der Waals surface area contributed by atoms with Crippen molar-refractivity contribution in [1.29, 1.82) is 0 Å². The van der Waals surface area contributed by atoms with Crippen molar-refractivity contribution >= 4 is 18.0 Å². The van der Waals surface area contributed by atoms with Gasteiger partial charge in [-0.15, -0.1) is 0 Å². The van der Waals surface area contributed by atoms with Gasteiger partial charge in [-0.2, -0.15) is 0 Å². The van der Waals surface area contributed by atoms with E-state index in [-0.39, 0.29) is 12.2 Å². The van der Waals surface area contributed by atoms with E-state index in [0.717, 1.165) is 0 Å².